The molecule has 2 heterocycles. The van der Waals surface area contributed by atoms with Gasteiger partial charge in [0.15, 0.2) is 0 Å². The van der Waals surface area contributed by atoms with Gasteiger partial charge in [0.25, 0.3) is 15.9 Å². The molecule has 10 heteroatoms. The van der Waals surface area contributed by atoms with E-state index in [0.29, 0.717) is 25.1 Å². The van der Waals surface area contributed by atoms with Crippen LogP contribution in [0.4, 0.5) is 10.1 Å². The number of benzene rings is 2. The summed E-state index contributed by atoms with van der Waals surface area (Å²) >= 11 is 1.13. The van der Waals surface area contributed by atoms with E-state index in [9.17, 15) is 22.4 Å². The third-order valence-electron chi connectivity index (χ3n) is 5.30. The predicted octanol–water partition coefficient (Wildman–Crippen LogP) is 3.61. The monoisotopic (exact) mass is 487 g/mol. The molecule has 3 aromatic rings. The van der Waals surface area contributed by atoms with Gasteiger partial charge in [-0.1, -0.05) is 24.3 Å². The minimum Gasteiger partial charge on any atom is -0.351 e. The summed E-state index contributed by atoms with van der Waals surface area (Å²) in [6.07, 6.45) is 1.07. The lowest BCUT2D eigenvalue weighted by Crippen LogP contribution is -2.45. The van der Waals surface area contributed by atoms with Crippen LogP contribution in [0, 0.1) is 5.82 Å². The molecule has 1 unspecified atom stereocenters. The zero-order valence-corrected chi connectivity index (χ0v) is 19.2. The minimum absolute atomic E-state index is 0.173. The number of carbonyl (C=O) groups excluding carboxylic acids is 2. The molecule has 1 saturated heterocycles. The van der Waals surface area contributed by atoms with Crippen molar-refractivity contribution in [2.75, 3.05) is 11.9 Å². The van der Waals surface area contributed by atoms with Gasteiger partial charge in [-0.2, -0.15) is 4.31 Å². The first kappa shape index (κ1) is 23.1. The second-order valence-corrected chi connectivity index (χ2v) is 10.7. The van der Waals surface area contributed by atoms with Crippen molar-refractivity contribution in [3.8, 4) is 0 Å². The first-order valence-corrected chi connectivity index (χ1v) is 12.7. The average Bonchev–Trinajstić information content (AvgIpc) is 3.51. The number of nitrogens with one attached hydrogen (secondary N) is 2. The van der Waals surface area contributed by atoms with Crippen molar-refractivity contribution in [2.24, 2.45) is 0 Å². The first-order valence-electron chi connectivity index (χ1n) is 10.3. The molecule has 4 rings (SSSR count). The summed E-state index contributed by atoms with van der Waals surface area (Å²) in [7, 11) is -3.71. The van der Waals surface area contributed by atoms with E-state index in [1.807, 2.05) is 0 Å². The Morgan fingerprint density at radius 2 is 1.91 bits per heavy atom. The van der Waals surface area contributed by atoms with Gasteiger partial charge in [-0.25, -0.2) is 12.8 Å². The van der Waals surface area contributed by atoms with Crippen LogP contribution in [0.25, 0.3) is 0 Å². The van der Waals surface area contributed by atoms with Crippen LogP contribution >= 0.6 is 11.3 Å². The lowest BCUT2D eigenvalue weighted by atomic mass is 10.1. The first-order chi connectivity index (χ1) is 15.8. The summed E-state index contributed by atoms with van der Waals surface area (Å²) in [5.41, 5.74) is 1.42. The van der Waals surface area contributed by atoms with Gasteiger partial charge in [-0.05, 0) is 60.2 Å². The van der Waals surface area contributed by atoms with Gasteiger partial charge in [0.1, 0.15) is 16.1 Å². The maximum absolute atomic E-state index is 13.4. The van der Waals surface area contributed by atoms with Crippen molar-refractivity contribution in [1.82, 2.24) is 9.62 Å². The van der Waals surface area contributed by atoms with Gasteiger partial charge in [0.05, 0.1) is 0 Å². The number of halogens is 1. The lowest BCUT2D eigenvalue weighted by molar-refractivity contribution is -0.124. The number of carbonyl (C=O) groups is 2. The smallest absolute Gasteiger partial charge is 0.255 e. The highest BCUT2D eigenvalue weighted by atomic mass is 32.2. The van der Waals surface area contributed by atoms with Crippen LogP contribution in [-0.4, -0.2) is 37.1 Å². The molecule has 2 amide bonds. The molecule has 0 aliphatic carbocycles. The summed E-state index contributed by atoms with van der Waals surface area (Å²) in [4.78, 5) is 25.1. The number of rotatable bonds is 7. The molecule has 172 valence electrons. The molecule has 7 nitrogen and oxygen atoms in total. The SMILES string of the molecule is O=C(Nc1cccc(CNC(=O)C2CCCN2S(=O)(=O)c2cccs2)c1)c1cccc(F)c1. The second-order valence-electron chi connectivity index (χ2n) is 7.59. The number of thiophene rings is 1. The fourth-order valence-corrected chi connectivity index (χ4v) is 6.49. The molecule has 2 aromatic carbocycles. The van der Waals surface area contributed by atoms with E-state index in [2.05, 4.69) is 10.6 Å². The number of hydrogen-bond acceptors (Lipinski definition) is 5. The highest BCUT2D eigenvalue weighted by Gasteiger charge is 2.39. The van der Waals surface area contributed by atoms with E-state index in [0.717, 1.165) is 23.0 Å². The molecule has 1 aliphatic rings. The Morgan fingerprint density at radius 3 is 2.67 bits per heavy atom. The summed E-state index contributed by atoms with van der Waals surface area (Å²) in [5, 5.41) is 7.20. The molecule has 0 spiro atoms. The molecule has 1 atom stereocenters. The lowest BCUT2D eigenvalue weighted by Gasteiger charge is -2.22. The zero-order valence-electron chi connectivity index (χ0n) is 17.5. The standard InChI is InChI=1S/C23H22FN3O4S2/c24-18-7-2-6-17(14-18)22(28)26-19-8-1-5-16(13-19)15-25-23(29)20-9-3-11-27(20)33(30,31)21-10-4-12-32-21/h1-2,4-8,10,12-14,20H,3,9,11,15H2,(H,25,29)(H,26,28). The zero-order chi connectivity index (χ0) is 23.4. The van der Waals surface area contributed by atoms with Gasteiger partial charge in [0, 0.05) is 24.3 Å². The molecule has 2 N–H and O–H groups in total. The molecule has 0 radical (unpaired) electrons. The van der Waals surface area contributed by atoms with Crippen molar-refractivity contribution in [3.63, 3.8) is 0 Å². The highest BCUT2D eigenvalue weighted by molar-refractivity contribution is 7.91. The van der Waals surface area contributed by atoms with Crippen LogP contribution in [0.3, 0.4) is 0 Å². The van der Waals surface area contributed by atoms with Crippen LogP contribution in [0.1, 0.15) is 28.8 Å². The van der Waals surface area contributed by atoms with Gasteiger partial charge < -0.3 is 10.6 Å². The van der Waals surface area contributed by atoms with Crippen LogP contribution in [-0.2, 0) is 21.4 Å². The van der Waals surface area contributed by atoms with Crippen LogP contribution < -0.4 is 10.6 Å². The second kappa shape index (κ2) is 9.82. The van der Waals surface area contributed by atoms with Gasteiger partial charge in [-0.3, -0.25) is 9.59 Å². The quantitative estimate of drug-likeness (QED) is 0.532. The predicted molar refractivity (Wildman–Crippen MR) is 124 cm³/mol. The van der Waals surface area contributed by atoms with E-state index in [-0.39, 0.29) is 22.2 Å². The van der Waals surface area contributed by atoms with Crippen molar-refractivity contribution >= 4 is 38.9 Å². The van der Waals surface area contributed by atoms with E-state index in [1.165, 1.54) is 28.6 Å². The van der Waals surface area contributed by atoms with E-state index < -0.39 is 27.8 Å². The topological polar surface area (TPSA) is 95.6 Å². The number of nitrogens with zero attached hydrogens (tertiary/aromatic N) is 1. The molecule has 0 saturated carbocycles. The third-order valence-corrected chi connectivity index (χ3v) is 8.58. The van der Waals surface area contributed by atoms with Gasteiger partial charge in [0.2, 0.25) is 5.91 Å². The molecule has 1 aromatic heterocycles. The summed E-state index contributed by atoms with van der Waals surface area (Å²) < 4.78 is 40.6. The number of sulfonamides is 1. The Hall–Kier alpha value is -3.08. The molecule has 0 bridgehead atoms. The van der Waals surface area contributed by atoms with Crippen molar-refractivity contribution < 1.29 is 22.4 Å². The van der Waals surface area contributed by atoms with Gasteiger partial charge >= 0.3 is 0 Å². The Kier molecular flexibility index (Phi) is 6.87. The van der Waals surface area contributed by atoms with Crippen molar-refractivity contribution in [3.05, 3.63) is 83.0 Å². The minimum atomic E-state index is -3.71. The summed E-state index contributed by atoms with van der Waals surface area (Å²) in [5.74, 6) is -1.31. The molecule has 33 heavy (non-hydrogen) atoms. The fourth-order valence-electron chi connectivity index (χ4n) is 3.71. The number of hydrogen-bond donors (Lipinski definition) is 2. The Balaban J connectivity index is 1.39. The van der Waals surface area contributed by atoms with E-state index in [4.69, 9.17) is 0 Å². The Labute approximate surface area is 195 Å². The van der Waals surface area contributed by atoms with Crippen LogP contribution in [0.15, 0.2) is 70.3 Å². The maximum Gasteiger partial charge on any atom is 0.255 e. The Bertz CT molecular complexity index is 1260. The van der Waals surface area contributed by atoms with E-state index >= 15 is 0 Å². The molecule has 1 fully saturated rings. The van der Waals surface area contributed by atoms with Crippen molar-refractivity contribution in [1.29, 1.82) is 0 Å². The molecule has 1 aliphatic heterocycles. The fraction of sp³-hybridized carbons (Fsp3) is 0.217. The van der Waals surface area contributed by atoms with E-state index in [1.54, 1.807) is 35.7 Å². The largest absolute Gasteiger partial charge is 0.351 e. The average molecular weight is 488 g/mol. The maximum atomic E-state index is 13.4. The highest BCUT2D eigenvalue weighted by Crippen LogP contribution is 2.28. The van der Waals surface area contributed by atoms with Crippen molar-refractivity contribution in [2.45, 2.75) is 29.6 Å². The molecular formula is C23H22FN3O4S2. The molecular weight excluding hydrogens is 465 g/mol. The number of amides is 2. The number of anilines is 1. The van der Waals surface area contributed by atoms with Crippen LogP contribution in [0.5, 0.6) is 0 Å². The third kappa shape index (κ3) is 5.29. The Morgan fingerprint density at radius 1 is 1.09 bits per heavy atom. The van der Waals surface area contributed by atoms with Gasteiger partial charge in [-0.15, -0.1) is 11.3 Å². The summed E-state index contributed by atoms with van der Waals surface area (Å²) in [6, 6.07) is 14.7. The normalized spacial score (nSPS) is 16.5. The van der Waals surface area contributed by atoms with Crippen LogP contribution in [0.2, 0.25) is 0 Å². The summed E-state index contributed by atoms with van der Waals surface area (Å²) in [6.45, 7) is 0.478.